The zero-order valence-corrected chi connectivity index (χ0v) is 15.2. The van der Waals surface area contributed by atoms with Crippen molar-refractivity contribution in [2.24, 2.45) is 0 Å². The molecule has 2 rings (SSSR count). The third-order valence-corrected chi connectivity index (χ3v) is 4.33. The smallest absolute Gasteiger partial charge is 0.416 e. The Bertz CT molecular complexity index is 811. The Labute approximate surface area is 157 Å². The van der Waals surface area contributed by atoms with Crippen LogP contribution in [0.1, 0.15) is 40.0 Å². The van der Waals surface area contributed by atoms with Crippen molar-refractivity contribution in [3.05, 3.63) is 64.7 Å². The van der Waals surface area contributed by atoms with Crippen molar-refractivity contribution >= 4 is 5.91 Å². The Morgan fingerprint density at radius 2 is 1.39 bits per heavy atom. The minimum Gasteiger partial charge on any atom is -0.497 e. The van der Waals surface area contributed by atoms with Crippen molar-refractivity contribution in [3.63, 3.8) is 0 Å². The third kappa shape index (κ3) is 4.76. The van der Waals surface area contributed by atoms with Crippen LogP contribution in [0.4, 0.5) is 26.3 Å². The Hall–Kier alpha value is -2.71. The molecule has 0 bridgehead atoms. The van der Waals surface area contributed by atoms with Crippen molar-refractivity contribution in [1.82, 2.24) is 4.90 Å². The number of benzene rings is 2. The van der Waals surface area contributed by atoms with Gasteiger partial charge in [0, 0.05) is 12.6 Å². The Balaban J connectivity index is 2.40. The van der Waals surface area contributed by atoms with Gasteiger partial charge in [0.15, 0.2) is 0 Å². The van der Waals surface area contributed by atoms with E-state index in [-0.39, 0.29) is 6.07 Å². The van der Waals surface area contributed by atoms with E-state index in [1.807, 2.05) is 0 Å². The SMILES string of the molecule is COc1ccc(C(C)N(C)C(=O)c2cc(C(F)(F)F)cc(C(F)(F)F)c2)cc1. The molecule has 0 saturated heterocycles. The van der Waals surface area contributed by atoms with E-state index in [9.17, 15) is 31.1 Å². The van der Waals surface area contributed by atoms with E-state index in [2.05, 4.69) is 0 Å². The van der Waals surface area contributed by atoms with Crippen LogP contribution in [0.25, 0.3) is 0 Å². The summed E-state index contributed by atoms with van der Waals surface area (Å²) in [5.41, 5.74) is -3.11. The molecule has 1 amide bonds. The lowest BCUT2D eigenvalue weighted by Gasteiger charge is -2.26. The van der Waals surface area contributed by atoms with Gasteiger partial charge in [-0.1, -0.05) is 12.1 Å². The first kappa shape index (κ1) is 21.6. The molecule has 9 heteroatoms. The summed E-state index contributed by atoms with van der Waals surface area (Å²) in [6.07, 6.45) is -10.0. The average molecular weight is 405 g/mol. The lowest BCUT2D eigenvalue weighted by molar-refractivity contribution is -0.143. The molecule has 28 heavy (non-hydrogen) atoms. The van der Waals surface area contributed by atoms with Crippen LogP contribution >= 0.6 is 0 Å². The first-order valence-corrected chi connectivity index (χ1v) is 8.05. The molecule has 0 radical (unpaired) electrons. The van der Waals surface area contributed by atoms with Crippen LogP contribution in [0.5, 0.6) is 5.75 Å². The van der Waals surface area contributed by atoms with Gasteiger partial charge in [0.25, 0.3) is 5.91 Å². The van der Waals surface area contributed by atoms with Crippen molar-refractivity contribution in [1.29, 1.82) is 0 Å². The predicted molar refractivity (Wildman–Crippen MR) is 89.9 cm³/mol. The molecule has 0 fully saturated rings. The van der Waals surface area contributed by atoms with Gasteiger partial charge in [-0.25, -0.2) is 0 Å². The number of methoxy groups -OCH3 is 1. The summed E-state index contributed by atoms with van der Waals surface area (Å²) in [6.45, 7) is 1.61. The standard InChI is InChI=1S/C19H17F6NO2/c1-11(12-4-6-16(28-3)7-5-12)26(2)17(27)13-8-14(18(20,21)22)10-15(9-13)19(23,24)25/h4-11H,1-3H3. The molecule has 0 heterocycles. The molecule has 0 aliphatic rings. The highest BCUT2D eigenvalue weighted by atomic mass is 19.4. The van der Waals surface area contributed by atoms with Gasteiger partial charge in [-0.2, -0.15) is 26.3 Å². The molecule has 3 nitrogen and oxygen atoms in total. The first-order chi connectivity index (χ1) is 12.8. The van der Waals surface area contributed by atoms with E-state index in [1.54, 1.807) is 31.2 Å². The number of halogens is 6. The molecule has 1 atom stereocenters. The van der Waals surface area contributed by atoms with Gasteiger partial charge in [0.2, 0.25) is 0 Å². The number of ether oxygens (including phenoxy) is 1. The summed E-state index contributed by atoms with van der Waals surface area (Å²) in [4.78, 5) is 13.7. The second kappa shape index (κ2) is 7.73. The highest BCUT2D eigenvalue weighted by Gasteiger charge is 2.38. The number of hydrogen-bond donors (Lipinski definition) is 0. The Kier molecular flexibility index (Phi) is 5.96. The minimum atomic E-state index is -5.02. The zero-order chi connectivity index (χ0) is 21.3. The fraction of sp³-hybridized carbons (Fsp3) is 0.316. The van der Waals surface area contributed by atoms with E-state index in [0.717, 1.165) is 4.90 Å². The van der Waals surface area contributed by atoms with Gasteiger partial charge >= 0.3 is 12.4 Å². The molecular formula is C19H17F6NO2. The van der Waals surface area contributed by atoms with Crippen LogP contribution in [-0.4, -0.2) is 25.0 Å². The lowest BCUT2D eigenvalue weighted by Crippen LogP contribution is -2.30. The molecule has 0 aromatic heterocycles. The minimum absolute atomic E-state index is 0.0102. The van der Waals surface area contributed by atoms with Crippen LogP contribution in [0.3, 0.4) is 0 Å². The number of amides is 1. The lowest BCUT2D eigenvalue weighted by atomic mass is 10.0. The Morgan fingerprint density at radius 1 is 0.929 bits per heavy atom. The summed E-state index contributed by atoms with van der Waals surface area (Å²) in [6, 6.07) is 6.82. The number of carbonyl (C=O) groups excluding carboxylic acids is 1. The largest absolute Gasteiger partial charge is 0.497 e. The summed E-state index contributed by atoms with van der Waals surface area (Å²) < 4.78 is 83.0. The van der Waals surface area contributed by atoms with E-state index in [4.69, 9.17) is 4.74 Å². The van der Waals surface area contributed by atoms with Crippen molar-refractivity contribution < 1.29 is 35.9 Å². The zero-order valence-electron chi connectivity index (χ0n) is 15.2. The van der Waals surface area contributed by atoms with Gasteiger partial charge in [-0.3, -0.25) is 4.79 Å². The van der Waals surface area contributed by atoms with E-state index >= 15 is 0 Å². The highest BCUT2D eigenvalue weighted by Crippen LogP contribution is 2.37. The number of rotatable bonds is 4. The normalized spacial score (nSPS) is 13.2. The summed E-state index contributed by atoms with van der Waals surface area (Å²) in [7, 11) is 2.78. The number of nitrogens with zero attached hydrogens (tertiary/aromatic N) is 1. The summed E-state index contributed by atoms with van der Waals surface area (Å²) >= 11 is 0. The molecule has 0 spiro atoms. The highest BCUT2D eigenvalue weighted by molar-refractivity contribution is 5.94. The van der Waals surface area contributed by atoms with Gasteiger partial charge in [-0.15, -0.1) is 0 Å². The number of carbonyl (C=O) groups is 1. The average Bonchev–Trinajstić information content (AvgIpc) is 2.64. The molecule has 0 aliphatic carbocycles. The van der Waals surface area contributed by atoms with Gasteiger partial charge in [0.1, 0.15) is 5.75 Å². The number of alkyl halides is 6. The summed E-state index contributed by atoms with van der Waals surface area (Å²) in [5, 5.41) is 0. The molecule has 1 unspecified atom stereocenters. The molecule has 0 aliphatic heterocycles. The topological polar surface area (TPSA) is 29.5 Å². The van der Waals surface area contributed by atoms with Crippen molar-refractivity contribution in [2.75, 3.05) is 14.2 Å². The molecule has 152 valence electrons. The molecule has 0 saturated carbocycles. The monoisotopic (exact) mass is 405 g/mol. The van der Waals surface area contributed by atoms with Gasteiger partial charge in [0.05, 0.1) is 24.3 Å². The quantitative estimate of drug-likeness (QED) is 0.623. The molecule has 0 N–H and O–H groups in total. The maximum atomic E-state index is 13.0. The van der Waals surface area contributed by atoms with Crippen LogP contribution in [0.15, 0.2) is 42.5 Å². The maximum absolute atomic E-state index is 13.0. The third-order valence-electron chi connectivity index (χ3n) is 4.33. The molecular weight excluding hydrogens is 388 g/mol. The van der Waals surface area contributed by atoms with Gasteiger partial charge in [-0.05, 0) is 42.8 Å². The fourth-order valence-corrected chi connectivity index (χ4v) is 2.56. The fourth-order valence-electron chi connectivity index (χ4n) is 2.56. The van der Waals surface area contributed by atoms with Crippen molar-refractivity contribution in [3.8, 4) is 5.75 Å². The van der Waals surface area contributed by atoms with Crippen LogP contribution in [0.2, 0.25) is 0 Å². The summed E-state index contributed by atoms with van der Waals surface area (Å²) in [5.74, 6) is -0.391. The predicted octanol–water partition coefficient (Wildman–Crippen LogP) is 5.57. The second-order valence-corrected chi connectivity index (χ2v) is 6.16. The van der Waals surface area contributed by atoms with E-state index in [1.165, 1.54) is 14.2 Å². The van der Waals surface area contributed by atoms with Crippen LogP contribution in [-0.2, 0) is 12.4 Å². The number of hydrogen-bond acceptors (Lipinski definition) is 2. The van der Waals surface area contributed by atoms with E-state index in [0.29, 0.717) is 23.4 Å². The second-order valence-electron chi connectivity index (χ2n) is 6.16. The van der Waals surface area contributed by atoms with E-state index < -0.39 is 41.0 Å². The molecule has 2 aromatic carbocycles. The van der Waals surface area contributed by atoms with Crippen LogP contribution < -0.4 is 4.74 Å². The maximum Gasteiger partial charge on any atom is 0.416 e. The molecule has 2 aromatic rings. The van der Waals surface area contributed by atoms with Gasteiger partial charge < -0.3 is 9.64 Å². The first-order valence-electron chi connectivity index (χ1n) is 8.05. The van der Waals surface area contributed by atoms with Crippen molar-refractivity contribution in [2.45, 2.75) is 25.3 Å². The van der Waals surface area contributed by atoms with Crippen LogP contribution in [0, 0.1) is 0 Å². The Morgan fingerprint density at radius 3 is 1.79 bits per heavy atom.